The maximum atomic E-state index is 12.5. The van der Waals surface area contributed by atoms with Crippen molar-refractivity contribution >= 4 is 0 Å². The van der Waals surface area contributed by atoms with Crippen LogP contribution in [0.4, 0.5) is 0 Å². The van der Waals surface area contributed by atoms with Gasteiger partial charge < -0.3 is 19.0 Å². The summed E-state index contributed by atoms with van der Waals surface area (Å²) >= 11 is 0. The summed E-state index contributed by atoms with van der Waals surface area (Å²) in [6.07, 6.45) is 7.95. The Morgan fingerprint density at radius 1 is 1.17 bits per heavy atom. The molecule has 0 atom stereocenters. The van der Waals surface area contributed by atoms with Crippen LogP contribution in [0.5, 0.6) is 5.75 Å². The van der Waals surface area contributed by atoms with E-state index < -0.39 is 0 Å². The molecule has 182 valence electrons. The Bertz CT molecular complexity index is 1410. The van der Waals surface area contributed by atoms with Gasteiger partial charge in [-0.3, -0.25) is 9.78 Å². The topological polar surface area (TPSA) is 108 Å². The Kier molecular flexibility index (Phi) is 6.41. The van der Waals surface area contributed by atoms with Crippen molar-refractivity contribution in [3.8, 4) is 40.0 Å². The highest BCUT2D eigenvalue weighted by Crippen LogP contribution is 2.33. The van der Waals surface area contributed by atoms with Crippen LogP contribution in [0.25, 0.3) is 34.3 Å². The van der Waals surface area contributed by atoms with Gasteiger partial charge in [0.2, 0.25) is 0 Å². The summed E-state index contributed by atoms with van der Waals surface area (Å²) in [7, 11) is 3.51. The summed E-state index contributed by atoms with van der Waals surface area (Å²) in [6.45, 7) is 2.57. The van der Waals surface area contributed by atoms with E-state index in [-0.39, 0.29) is 18.9 Å². The van der Waals surface area contributed by atoms with Gasteiger partial charge in [0.1, 0.15) is 11.4 Å². The van der Waals surface area contributed by atoms with E-state index in [1.54, 1.807) is 25.4 Å². The van der Waals surface area contributed by atoms with Gasteiger partial charge in [-0.05, 0) is 50.6 Å². The molecule has 1 aliphatic carbocycles. The van der Waals surface area contributed by atoms with Crippen molar-refractivity contribution in [3.63, 3.8) is 0 Å². The zero-order chi connectivity index (χ0) is 24.4. The molecule has 0 saturated heterocycles. The van der Waals surface area contributed by atoms with Crippen molar-refractivity contribution in [1.82, 2.24) is 30.0 Å². The van der Waals surface area contributed by atoms with E-state index in [0.717, 1.165) is 43.4 Å². The third-order valence-electron chi connectivity index (χ3n) is 6.41. The van der Waals surface area contributed by atoms with Crippen LogP contribution in [-0.2, 0) is 6.54 Å². The Morgan fingerprint density at radius 3 is 2.74 bits per heavy atom. The Hall–Kier alpha value is -3.85. The minimum Gasteiger partial charge on any atom is -0.496 e. The van der Waals surface area contributed by atoms with Crippen LogP contribution in [0.1, 0.15) is 44.4 Å². The van der Waals surface area contributed by atoms with Crippen molar-refractivity contribution < 1.29 is 10.6 Å². The van der Waals surface area contributed by atoms with Crippen LogP contribution in [0, 0.1) is 6.92 Å². The number of aromatic nitrogens is 5. The monoisotopic (exact) mass is 474 g/mol. The van der Waals surface area contributed by atoms with E-state index >= 15 is 0 Å². The average Bonchev–Trinajstić information content (AvgIpc) is 3.58. The number of benzene rings is 1. The molecule has 0 bridgehead atoms. The minimum absolute atomic E-state index is 0. The number of hydrogen-bond donors (Lipinski definition) is 1. The number of pyridine rings is 1. The van der Waals surface area contributed by atoms with E-state index in [0.29, 0.717) is 34.3 Å². The SMILES string of the molecule is CNCc1ccc(-c2nnc(-c3nc(-c4ccc(=O)n(C5CCCC5)c4)cnc3C)o2)c(OC)c1.[HH]. The van der Waals surface area contributed by atoms with Gasteiger partial charge >= 0.3 is 0 Å². The third kappa shape index (κ3) is 4.59. The fourth-order valence-electron chi connectivity index (χ4n) is 4.57. The number of methoxy groups -OCH3 is 1. The molecule has 1 saturated carbocycles. The molecule has 1 aliphatic rings. The van der Waals surface area contributed by atoms with E-state index in [2.05, 4.69) is 20.5 Å². The predicted octanol–water partition coefficient (Wildman–Crippen LogP) is 4.42. The van der Waals surface area contributed by atoms with Crippen LogP contribution in [0.2, 0.25) is 0 Å². The molecule has 1 fully saturated rings. The minimum atomic E-state index is 0. The fourth-order valence-corrected chi connectivity index (χ4v) is 4.57. The van der Waals surface area contributed by atoms with E-state index in [9.17, 15) is 4.79 Å². The zero-order valence-electron chi connectivity index (χ0n) is 20.1. The lowest BCUT2D eigenvalue weighted by atomic mass is 10.1. The van der Waals surface area contributed by atoms with Gasteiger partial charge in [-0.2, -0.15) is 0 Å². The fraction of sp³-hybridized carbons (Fsp3) is 0.346. The average molecular weight is 475 g/mol. The number of aryl methyl sites for hydroxylation is 1. The first kappa shape index (κ1) is 22.9. The molecule has 0 unspecified atom stereocenters. The third-order valence-corrected chi connectivity index (χ3v) is 6.41. The summed E-state index contributed by atoms with van der Waals surface area (Å²) < 4.78 is 13.4. The molecule has 0 spiro atoms. The molecular weight excluding hydrogens is 444 g/mol. The second-order valence-electron chi connectivity index (χ2n) is 8.77. The number of hydrogen-bond acceptors (Lipinski definition) is 8. The highest BCUT2D eigenvalue weighted by atomic mass is 16.5. The largest absolute Gasteiger partial charge is 0.496 e. The summed E-state index contributed by atoms with van der Waals surface area (Å²) in [5.41, 5.74) is 4.45. The van der Waals surface area contributed by atoms with Gasteiger partial charge in [0, 0.05) is 31.8 Å². The molecule has 1 N–H and O–H groups in total. The summed E-state index contributed by atoms with van der Waals surface area (Å²) in [6, 6.07) is 9.47. The molecular formula is C26H30N6O3. The molecule has 3 heterocycles. The van der Waals surface area contributed by atoms with Crippen molar-refractivity contribution in [2.75, 3.05) is 14.2 Å². The lowest BCUT2D eigenvalue weighted by Crippen LogP contribution is -2.22. The molecule has 1 aromatic carbocycles. The Morgan fingerprint density at radius 2 is 1.97 bits per heavy atom. The lowest BCUT2D eigenvalue weighted by Gasteiger charge is -2.14. The van der Waals surface area contributed by atoms with Gasteiger partial charge in [0.05, 0.1) is 30.3 Å². The van der Waals surface area contributed by atoms with Crippen molar-refractivity contribution in [1.29, 1.82) is 0 Å². The Labute approximate surface area is 204 Å². The maximum Gasteiger partial charge on any atom is 0.268 e. The Balaban J connectivity index is 0.00000304. The first-order valence-electron chi connectivity index (χ1n) is 11.8. The van der Waals surface area contributed by atoms with Crippen LogP contribution >= 0.6 is 0 Å². The number of ether oxygens (including phenoxy) is 1. The molecule has 0 amide bonds. The predicted molar refractivity (Wildman–Crippen MR) is 134 cm³/mol. The standard InChI is InChI=1S/C26H28N6O3.H2/c1-16-24(26-31-30-25(35-26)20-10-8-17(13-27-2)12-22(20)34-3)29-21(14-28-16)18-9-11-23(33)32(15-18)19-6-4-5-7-19;/h8-12,14-15,19,27H,4-7,13H2,1-3H3;1H. The van der Waals surface area contributed by atoms with Crippen LogP contribution < -0.4 is 15.6 Å². The maximum absolute atomic E-state index is 12.5. The van der Waals surface area contributed by atoms with E-state index in [1.807, 2.05) is 42.9 Å². The number of nitrogens with zero attached hydrogens (tertiary/aromatic N) is 5. The molecule has 4 aromatic rings. The van der Waals surface area contributed by atoms with E-state index in [4.69, 9.17) is 14.1 Å². The van der Waals surface area contributed by atoms with Crippen molar-refractivity contribution in [2.45, 2.75) is 45.2 Å². The van der Waals surface area contributed by atoms with Crippen LogP contribution in [-0.4, -0.2) is 38.9 Å². The second kappa shape index (κ2) is 9.79. The number of rotatable bonds is 7. The first-order valence-corrected chi connectivity index (χ1v) is 11.8. The van der Waals surface area contributed by atoms with Gasteiger partial charge in [-0.15, -0.1) is 10.2 Å². The molecule has 5 rings (SSSR count). The molecule has 9 heteroatoms. The van der Waals surface area contributed by atoms with Gasteiger partial charge in [0.25, 0.3) is 17.3 Å². The summed E-state index contributed by atoms with van der Waals surface area (Å²) in [5.74, 6) is 1.27. The molecule has 35 heavy (non-hydrogen) atoms. The summed E-state index contributed by atoms with van der Waals surface area (Å²) in [4.78, 5) is 21.8. The van der Waals surface area contributed by atoms with Gasteiger partial charge in [-0.1, -0.05) is 18.9 Å². The molecule has 3 aromatic heterocycles. The highest BCUT2D eigenvalue weighted by molar-refractivity contribution is 5.66. The summed E-state index contributed by atoms with van der Waals surface area (Å²) in [5, 5.41) is 11.6. The zero-order valence-corrected chi connectivity index (χ0v) is 20.1. The van der Waals surface area contributed by atoms with E-state index in [1.165, 1.54) is 0 Å². The quantitative estimate of drug-likeness (QED) is 0.419. The molecule has 0 radical (unpaired) electrons. The van der Waals surface area contributed by atoms with Crippen LogP contribution in [0.15, 0.2) is 51.9 Å². The van der Waals surface area contributed by atoms with Gasteiger partial charge in [-0.25, -0.2) is 4.98 Å². The van der Waals surface area contributed by atoms with Crippen molar-refractivity contribution in [2.24, 2.45) is 0 Å². The second-order valence-corrected chi connectivity index (χ2v) is 8.77. The van der Waals surface area contributed by atoms with Crippen LogP contribution in [0.3, 0.4) is 0 Å². The van der Waals surface area contributed by atoms with Crippen molar-refractivity contribution in [3.05, 3.63) is 64.3 Å². The number of nitrogens with one attached hydrogen (secondary N) is 1. The lowest BCUT2D eigenvalue weighted by molar-refractivity contribution is 0.413. The normalized spacial score (nSPS) is 13.9. The smallest absolute Gasteiger partial charge is 0.268 e. The molecule has 9 nitrogen and oxygen atoms in total. The van der Waals surface area contributed by atoms with Gasteiger partial charge in [0.15, 0.2) is 0 Å². The highest BCUT2D eigenvalue weighted by Gasteiger charge is 2.21. The molecule has 0 aliphatic heterocycles. The first-order chi connectivity index (χ1) is 17.1.